The van der Waals surface area contributed by atoms with Crippen LogP contribution in [0.1, 0.15) is 18.2 Å². The van der Waals surface area contributed by atoms with Crippen LogP contribution in [0.5, 0.6) is 0 Å². The molecule has 0 saturated heterocycles. The van der Waals surface area contributed by atoms with Crippen LogP contribution in [-0.4, -0.2) is 10.1 Å². The van der Waals surface area contributed by atoms with E-state index in [-0.39, 0.29) is 5.43 Å². The number of allylic oxidation sites excluding steroid dienone is 5. The van der Waals surface area contributed by atoms with Crippen LogP contribution in [0.2, 0.25) is 0 Å². The minimum absolute atomic E-state index is 0.0740. The van der Waals surface area contributed by atoms with Gasteiger partial charge in [-0.25, -0.2) is 0 Å². The molecule has 0 aliphatic heterocycles. The first-order valence-electron chi connectivity index (χ1n) is 7.03. The summed E-state index contributed by atoms with van der Waals surface area (Å²) >= 11 is 0. The minimum atomic E-state index is -0.0740. The quantitative estimate of drug-likeness (QED) is 0.739. The van der Waals surface area contributed by atoms with Crippen molar-refractivity contribution < 1.29 is 4.52 Å². The van der Waals surface area contributed by atoms with E-state index >= 15 is 0 Å². The number of hydrogen-bond donors (Lipinski definition) is 1. The summed E-state index contributed by atoms with van der Waals surface area (Å²) in [4.78, 5) is 16.0. The second-order valence-corrected chi connectivity index (χ2v) is 5.08. The molecule has 0 aliphatic rings. The maximum atomic E-state index is 12.8. The summed E-state index contributed by atoms with van der Waals surface area (Å²) < 4.78 is 5.32. The third kappa shape index (κ3) is 2.19. The highest BCUT2D eigenvalue weighted by Gasteiger charge is 2.16. The smallest absolute Gasteiger partial charge is 0.241 e. The molecule has 1 aromatic carbocycles. The van der Waals surface area contributed by atoms with Crippen LogP contribution in [-0.2, 0) is 0 Å². The molecule has 2 aromatic heterocycles. The second-order valence-electron chi connectivity index (χ2n) is 5.08. The van der Waals surface area contributed by atoms with E-state index in [1.54, 1.807) is 12.2 Å². The van der Waals surface area contributed by atoms with Gasteiger partial charge in [-0.15, -0.1) is 0 Å². The van der Waals surface area contributed by atoms with Crippen molar-refractivity contribution in [1.82, 2.24) is 10.1 Å². The van der Waals surface area contributed by atoms with Crippen molar-refractivity contribution in [3.63, 3.8) is 0 Å². The van der Waals surface area contributed by atoms with Gasteiger partial charge in [-0.05, 0) is 26.0 Å². The Bertz CT molecular complexity index is 987. The van der Waals surface area contributed by atoms with Crippen LogP contribution in [0.15, 0.2) is 58.4 Å². The van der Waals surface area contributed by atoms with Gasteiger partial charge in [0, 0.05) is 11.0 Å². The van der Waals surface area contributed by atoms with E-state index in [2.05, 4.69) is 16.7 Å². The zero-order chi connectivity index (χ0) is 15.7. The molecule has 2 heterocycles. The van der Waals surface area contributed by atoms with Gasteiger partial charge in [0.05, 0.1) is 5.52 Å². The Morgan fingerprint density at radius 1 is 1.41 bits per heavy atom. The Kier molecular flexibility index (Phi) is 3.51. The summed E-state index contributed by atoms with van der Waals surface area (Å²) in [7, 11) is 0. The Morgan fingerprint density at radius 2 is 2.23 bits per heavy atom. The van der Waals surface area contributed by atoms with Crippen molar-refractivity contribution in [3.8, 4) is 0 Å². The second kappa shape index (κ2) is 5.48. The molecule has 22 heavy (non-hydrogen) atoms. The van der Waals surface area contributed by atoms with Crippen LogP contribution < -0.4 is 5.43 Å². The minimum Gasteiger partial charge on any atom is -0.337 e. The number of benzene rings is 1. The van der Waals surface area contributed by atoms with E-state index < -0.39 is 0 Å². The highest BCUT2D eigenvalue weighted by Crippen LogP contribution is 2.24. The molecule has 0 aliphatic carbocycles. The highest BCUT2D eigenvalue weighted by molar-refractivity contribution is 5.97. The lowest BCUT2D eigenvalue weighted by atomic mass is 10.1. The van der Waals surface area contributed by atoms with Gasteiger partial charge in [0.1, 0.15) is 11.1 Å². The van der Waals surface area contributed by atoms with Gasteiger partial charge in [0.2, 0.25) is 11.1 Å². The Labute approximate surface area is 127 Å². The Balaban J connectivity index is 2.37. The number of aromatic nitrogens is 2. The molecule has 3 rings (SSSR count). The first-order chi connectivity index (χ1) is 10.7. The lowest BCUT2D eigenvalue weighted by molar-refractivity contribution is 0.447. The van der Waals surface area contributed by atoms with Crippen LogP contribution in [0.3, 0.4) is 0 Å². The molecule has 4 nitrogen and oxygen atoms in total. The molecular weight excluding hydrogens is 276 g/mol. The van der Waals surface area contributed by atoms with Gasteiger partial charge in [-0.3, -0.25) is 4.79 Å². The molecule has 0 spiro atoms. The van der Waals surface area contributed by atoms with E-state index in [0.29, 0.717) is 22.2 Å². The molecule has 0 amide bonds. The zero-order valence-electron chi connectivity index (χ0n) is 12.5. The molecule has 0 unspecified atom stereocenters. The van der Waals surface area contributed by atoms with E-state index in [4.69, 9.17) is 4.52 Å². The largest absolute Gasteiger partial charge is 0.337 e. The number of rotatable bonds is 3. The average Bonchev–Trinajstić information content (AvgIpc) is 2.93. The summed E-state index contributed by atoms with van der Waals surface area (Å²) in [6, 6.07) is 5.70. The lowest BCUT2D eigenvalue weighted by Crippen LogP contribution is -2.05. The highest BCUT2D eigenvalue weighted by atomic mass is 16.5. The van der Waals surface area contributed by atoms with Gasteiger partial charge in [0.25, 0.3) is 0 Å². The fourth-order valence-corrected chi connectivity index (χ4v) is 2.48. The number of aryl methyl sites for hydroxylation is 1. The number of fused-ring (bicyclic) bond motifs is 2. The molecule has 0 bridgehead atoms. The van der Waals surface area contributed by atoms with Crippen molar-refractivity contribution in [2.24, 2.45) is 0 Å². The number of aromatic amines is 1. The van der Waals surface area contributed by atoms with Crippen molar-refractivity contribution in [2.75, 3.05) is 0 Å². The fraction of sp³-hybridized carbons (Fsp3) is 0.111. The molecule has 3 aromatic rings. The normalized spacial score (nSPS) is 12.5. The molecule has 0 atom stereocenters. The van der Waals surface area contributed by atoms with Crippen LogP contribution in [0, 0.1) is 6.92 Å². The Hall–Kier alpha value is -2.88. The molecular formula is C18H16N2O2. The third-order valence-electron chi connectivity index (χ3n) is 3.58. The van der Waals surface area contributed by atoms with Crippen LogP contribution in [0.4, 0.5) is 0 Å². The van der Waals surface area contributed by atoms with Gasteiger partial charge in [-0.2, -0.15) is 0 Å². The van der Waals surface area contributed by atoms with Gasteiger partial charge in [0.15, 0.2) is 0 Å². The first-order valence-corrected chi connectivity index (χ1v) is 7.03. The molecule has 0 saturated carbocycles. The summed E-state index contributed by atoms with van der Waals surface area (Å²) in [6.07, 6.45) is 7.21. The number of H-pyrrole nitrogens is 1. The topological polar surface area (TPSA) is 58.9 Å². The maximum absolute atomic E-state index is 12.8. The number of hydrogen-bond acceptors (Lipinski definition) is 3. The SMILES string of the molecule is C=C/C=C\C(=C/C)c1noc2[nH]c3ccc(C)cc3c(=O)c12. The third-order valence-corrected chi connectivity index (χ3v) is 3.58. The summed E-state index contributed by atoms with van der Waals surface area (Å²) in [5, 5.41) is 5.18. The molecule has 0 radical (unpaired) electrons. The predicted molar refractivity (Wildman–Crippen MR) is 89.9 cm³/mol. The fourth-order valence-electron chi connectivity index (χ4n) is 2.48. The van der Waals surface area contributed by atoms with Crippen molar-refractivity contribution in [3.05, 3.63) is 70.6 Å². The summed E-state index contributed by atoms with van der Waals surface area (Å²) in [5.74, 6) is 0. The van der Waals surface area contributed by atoms with Gasteiger partial charge in [-0.1, -0.05) is 47.7 Å². The van der Waals surface area contributed by atoms with Crippen molar-refractivity contribution >= 4 is 27.6 Å². The Morgan fingerprint density at radius 3 is 2.95 bits per heavy atom. The molecule has 1 N–H and O–H groups in total. The average molecular weight is 292 g/mol. The number of nitrogens with one attached hydrogen (secondary N) is 1. The van der Waals surface area contributed by atoms with E-state index in [1.807, 2.05) is 44.2 Å². The van der Waals surface area contributed by atoms with Gasteiger partial charge >= 0.3 is 0 Å². The first kappa shape index (κ1) is 14.1. The zero-order valence-corrected chi connectivity index (χ0v) is 12.5. The molecule has 110 valence electrons. The van der Waals surface area contributed by atoms with Crippen molar-refractivity contribution in [1.29, 1.82) is 0 Å². The predicted octanol–water partition coefficient (Wildman–Crippen LogP) is 4.12. The maximum Gasteiger partial charge on any atom is 0.241 e. The summed E-state index contributed by atoms with van der Waals surface area (Å²) in [6.45, 7) is 7.50. The van der Waals surface area contributed by atoms with E-state index in [9.17, 15) is 4.79 Å². The standard InChI is InChI=1S/C18H16N2O2/c1-4-6-7-12(5-2)16-15-17(21)13-10-11(3)8-9-14(13)19-18(15)22-20-16/h4-10H,1H2,2-3H3,(H,19,21)/b7-6-,12-5+. The monoisotopic (exact) mass is 292 g/mol. The summed E-state index contributed by atoms with van der Waals surface area (Å²) in [5.41, 5.74) is 3.46. The van der Waals surface area contributed by atoms with Gasteiger partial charge < -0.3 is 9.51 Å². The van der Waals surface area contributed by atoms with Crippen LogP contribution >= 0.6 is 0 Å². The van der Waals surface area contributed by atoms with Crippen LogP contribution in [0.25, 0.3) is 27.6 Å². The number of nitrogens with zero attached hydrogens (tertiary/aromatic N) is 1. The molecule has 0 fully saturated rings. The lowest BCUT2D eigenvalue weighted by Gasteiger charge is -2.00. The van der Waals surface area contributed by atoms with E-state index in [0.717, 1.165) is 16.7 Å². The number of pyridine rings is 1. The van der Waals surface area contributed by atoms with Crippen molar-refractivity contribution in [2.45, 2.75) is 13.8 Å². The van der Waals surface area contributed by atoms with E-state index in [1.165, 1.54) is 0 Å². The molecule has 4 heteroatoms.